The smallest absolute Gasteiger partial charge is 0.462 e. The Bertz CT molecular complexity index is 2020. The molecule has 0 bridgehead atoms. The van der Waals surface area contributed by atoms with E-state index in [4.69, 9.17) is 18.5 Å². The third-order valence-electron chi connectivity index (χ3n) is 21.2. The Hall–Kier alpha value is -2.55. The molecule has 0 amide bonds. The van der Waals surface area contributed by atoms with E-state index >= 15 is 0 Å². The standard InChI is InChI=1S/C96H180NO8P/c1-6-8-10-12-14-16-18-20-22-24-26-28-30-32-34-36-38-40-42-44-46-48-50-52-54-56-58-60-62-64-66-68-70-72-74-76-78-80-82-84-86-88-95(98)102-92-94(93-104-106(100,101)103-91-90-97(3,4)5)105-96(99)89-87-85-83-81-79-77-75-73-71-69-67-65-63-61-59-57-55-53-51-49-47-45-43-41-39-37-35-33-31-29-27-25-23-21-19-17-15-13-11-9-7-2/h18-21,24-27,30-33,94H,6-17,22-23,28-29,34-93H2,1-5H3/p+1/b20-18-,21-19-,26-24-,27-25-,32-30-,33-31-. The minimum Gasteiger partial charge on any atom is -0.462 e. The molecular formula is C96H181NO8P+. The molecule has 0 aromatic carbocycles. The van der Waals surface area contributed by atoms with Crippen LogP contribution in [-0.4, -0.2) is 74.9 Å². The van der Waals surface area contributed by atoms with E-state index in [-0.39, 0.29) is 25.6 Å². The first kappa shape index (κ1) is 103. The number of carbonyl (C=O) groups is 2. The molecule has 0 aliphatic heterocycles. The van der Waals surface area contributed by atoms with E-state index in [1.54, 1.807) is 0 Å². The highest BCUT2D eigenvalue weighted by Crippen LogP contribution is 2.43. The highest BCUT2D eigenvalue weighted by Gasteiger charge is 2.27. The van der Waals surface area contributed by atoms with Crippen molar-refractivity contribution in [2.75, 3.05) is 47.5 Å². The lowest BCUT2D eigenvalue weighted by Crippen LogP contribution is -2.37. The van der Waals surface area contributed by atoms with E-state index in [1.807, 2.05) is 21.1 Å². The van der Waals surface area contributed by atoms with Crippen molar-refractivity contribution in [1.82, 2.24) is 0 Å². The molecule has 622 valence electrons. The van der Waals surface area contributed by atoms with Gasteiger partial charge in [0.2, 0.25) is 0 Å². The van der Waals surface area contributed by atoms with Gasteiger partial charge in [-0.2, -0.15) is 0 Å². The van der Waals surface area contributed by atoms with Crippen LogP contribution in [0.25, 0.3) is 0 Å². The van der Waals surface area contributed by atoms with Crippen molar-refractivity contribution in [2.24, 2.45) is 0 Å². The largest absolute Gasteiger partial charge is 0.472 e. The lowest BCUT2D eigenvalue weighted by molar-refractivity contribution is -0.870. The maximum Gasteiger partial charge on any atom is 0.472 e. The summed E-state index contributed by atoms with van der Waals surface area (Å²) in [6.45, 7) is 4.49. The van der Waals surface area contributed by atoms with Crippen molar-refractivity contribution in [3.05, 3.63) is 72.9 Å². The molecule has 9 nitrogen and oxygen atoms in total. The van der Waals surface area contributed by atoms with Gasteiger partial charge >= 0.3 is 19.8 Å². The van der Waals surface area contributed by atoms with Crippen molar-refractivity contribution in [3.63, 3.8) is 0 Å². The third-order valence-corrected chi connectivity index (χ3v) is 22.2. The number of ether oxygens (including phenoxy) is 2. The van der Waals surface area contributed by atoms with Gasteiger partial charge in [0.1, 0.15) is 19.8 Å². The van der Waals surface area contributed by atoms with Crippen LogP contribution in [0, 0.1) is 0 Å². The molecule has 0 radical (unpaired) electrons. The zero-order valence-corrected chi connectivity index (χ0v) is 72.3. The van der Waals surface area contributed by atoms with Crippen molar-refractivity contribution in [3.8, 4) is 0 Å². The van der Waals surface area contributed by atoms with Gasteiger partial charge in [0.05, 0.1) is 27.7 Å². The molecule has 1 N–H and O–H groups in total. The number of allylic oxidation sites excluding steroid dienone is 12. The van der Waals surface area contributed by atoms with Gasteiger partial charge < -0.3 is 18.9 Å². The quantitative estimate of drug-likeness (QED) is 0.0211. The van der Waals surface area contributed by atoms with Crippen LogP contribution in [0.4, 0.5) is 0 Å². The number of nitrogens with zero attached hydrogens (tertiary/aromatic N) is 1. The predicted molar refractivity (Wildman–Crippen MR) is 464 cm³/mol. The summed E-state index contributed by atoms with van der Waals surface area (Å²) in [5.41, 5.74) is 0. The molecule has 0 aromatic rings. The van der Waals surface area contributed by atoms with Crippen LogP contribution in [0.1, 0.15) is 476 Å². The van der Waals surface area contributed by atoms with Crippen LogP contribution >= 0.6 is 7.82 Å². The van der Waals surface area contributed by atoms with Gasteiger partial charge in [-0.1, -0.05) is 446 Å². The van der Waals surface area contributed by atoms with Gasteiger partial charge in [-0.05, 0) is 89.9 Å². The molecule has 0 fully saturated rings. The maximum atomic E-state index is 13.0. The molecule has 2 atom stereocenters. The predicted octanol–water partition coefficient (Wildman–Crippen LogP) is 31.7. The Balaban J connectivity index is 3.83. The van der Waals surface area contributed by atoms with Crippen LogP contribution in [-0.2, 0) is 32.7 Å². The molecule has 0 saturated carbocycles. The fraction of sp³-hybridized carbons (Fsp3) is 0.854. The van der Waals surface area contributed by atoms with Crippen LogP contribution in [0.5, 0.6) is 0 Å². The molecule has 0 aromatic heterocycles. The number of hydrogen-bond donors (Lipinski definition) is 1. The normalized spacial score (nSPS) is 13.2. The Morgan fingerprint density at radius 1 is 0.292 bits per heavy atom. The molecular weight excluding hydrogens is 1330 g/mol. The van der Waals surface area contributed by atoms with E-state index < -0.39 is 26.5 Å². The molecule has 0 heterocycles. The summed E-state index contributed by atoms with van der Waals surface area (Å²) in [4.78, 5) is 36.1. The number of esters is 2. The fourth-order valence-electron chi connectivity index (χ4n) is 14.1. The zero-order chi connectivity index (χ0) is 76.8. The number of rotatable bonds is 88. The number of unbranched alkanes of at least 4 members (excludes halogenated alkanes) is 62. The Kier molecular flexibility index (Phi) is 84.4. The number of likely N-dealkylation sites (N-methyl/N-ethyl adjacent to an activating group) is 1. The molecule has 0 aliphatic carbocycles. The van der Waals surface area contributed by atoms with Crippen molar-refractivity contribution < 1.29 is 42.1 Å². The number of quaternary nitrogens is 1. The summed E-state index contributed by atoms with van der Waals surface area (Å²) in [6, 6.07) is 0. The van der Waals surface area contributed by atoms with Gasteiger partial charge in [0.25, 0.3) is 0 Å². The highest BCUT2D eigenvalue weighted by molar-refractivity contribution is 7.47. The summed E-state index contributed by atoms with van der Waals surface area (Å²) >= 11 is 0. The second-order valence-electron chi connectivity index (χ2n) is 33.0. The van der Waals surface area contributed by atoms with E-state index in [0.717, 1.165) is 57.8 Å². The monoisotopic (exact) mass is 1510 g/mol. The summed E-state index contributed by atoms with van der Waals surface area (Å²) in [6.07, 6.45) is 120. The van der Waals surface area contributed by atoms with E-state index in [9.17, 15) is 19.0 Å². The minimum absolute atomic E-state index is 0.0344. The van der Waals surface area contributed by atoms with Gasteiger partial charge in [-0.15, -0.1) is 0 Å². The van der Waals surface area contributed by atoms with E-state index in [0.29, 0.717) is 23.9 Å². The molecule has 0 saturated heterocycles. The van der Waals surface area contributed by atoms with Gasteiger partial charge in [-0.3, -0.25) is 18.6 Å². The molecule has 0 spiro atoms. The maximum absolute atomic E-state index is 13.0. The third kappa shape index (κ3) is 90.3. The van der Waals surface area contributed by atoms with Crippen molar-refractivity contribution >= 4 is 19.8 Å². The van der Waals surface area contributed by atoms with E-state index in [2.05, 4.69) is 86.8 Å². The molecule has 0 rings (SSSR count). The summed E-state index contributed by atoms with van der Waals surface area (Å²) in [5, 5.41) is 0. The first-order chi connectivity index (χ1) is 52.0. The van der Waals surface area contributed by atoms with Gasteiger partial charge in [0, 0.05) is 12.8 Å². The highest BCUT2D eigenvalue weighted by atomic mass is 31.2. The number of hydrogen-bond acceptors (Lipinski definition) is 7. The Morgan fingerprint density at radius 3 is 0.755 bits per heavy atom. The number of phosphoric ester groups is 1. The molecule has 106 heavy (non-hydrogen) atoms. The van der Waals surface area contributed by atoms with E-state index in [1.165, 1.54) is 385 Å². The zero-order valence-electron chi connectivity index (χ0n) is 71.4. The number of phosphoric acid groups is 1. The second-order valence-corrected chi connectivity index (χ2v) is 34.5. The number of carbonyl (C=O) groups excluding carboxylic acids is 2. The SMILES string of the molecule is CCCCCCC/C=C\C/C=C\C/C=C\CCCCCCCCCCCCCCCCCCCCCCCCCCCCC(=O)OCC(COP(=O)(O)OCC[N+](C)(C)C)OC(=O)CCCCCCCCCCCCCCCCCCCCCCCCCCCC/C=C\C/C=C\C/C=C\CCCCCCC. The lowest BCUT2D eigenvalue weighted by atomic mass is 10.0. The van der Waals surface area contributed by atoms with Crippen LogP contribution in [0.2, 0.25) is 0 Å². The fourth-order valence-corrected chi connectivity index (χ4v) is 14.8. The summed E-state index contributed by atoms with van der Waals surface area (Å²) in [7, 11) is 1.50. The average Bonchev–Trinajstić information content (AvgIpc) is 0.951. The first-order valence-electron chi connectivity index (χ1n) is 46.7. The van der Waals surface area contributed by atoms with Crippen molar-refractivity contribution in [1.29, 1.82) is 0 Å². The lowest BCUT2D eigenvalue weighted by Gasteiger charge is -2.24. The molecule has 10 heteroatoms. The van der Waals surface area contributed by atoms with Crippen LogP contribution in [0.15, 0.2) is 72.9 Å². The minimum atomic E-state index is -4.40. The van der Waals surface area contributed by atoms with Crippen LogP contribution in [0.3, 0.4) is 0 Å². The summed E-state index contributed by atoms with van der Waals surface area (Å²) in [5.74, 6) is -0.770. The topological polar surface area (TPSA) is 108 Å². The molecule has 0 aliphatic rings. The summed E-state index contributed by atoms with van der Waals surface area (Å²) < 4.78 is 34.9. The average molecular weight is 1510 g/mol. The van der Waals surface area contributed by atoms with Gasteiger partial charge in [0.15, 0.2) is 6.10 Å². The van der Waals surface area contributed by atoms with Gasteiger partial charge in [-0.25, -0.2) is 4.57 Å². The Labute approximate surface area is 660 Å². The van der Waals surface area contributed by atoms with Crippen molar-refractivity contribution in [2.45, 2.75) is 482 Å². The molecule has 2 unspecified atom stereocenters. The second kappa shape index (κ2) is 86.4. The Morgan fingerprint density at radius 2 is 0.509 bits per heavy atom. The van der Waals surface area contributed by atoms with Crippen LogP contribution < -0.4 is 0 Å². The first-order valence-corrected chi connectivity index (χ1v) is 48.2.